The molecule has 1 aliphatic rings. The quantitative estimate of drug-likeness (QED) is 0.273. The van der Waals surface area contributed by atoms with E-state index in [1.165, 1.54) is 44.9 Å². The Hall–Kier alpha value is -1.30. The maximum Gasteiger partial charge on any atom is 0.0269 e. The first-order chi connectivity index (χ1) is 10.2. The third kappa shape index (κ3) is 5.19. The molecule has 0 amide bonds. The summed E-state index contributed by atoms with van der Waals surface area (Å²) in [5.41, 5.74) is 1.64. The Bertz CT molecular complexity index is 375. The van der Waals surface area contributed by atoms with Gasteiger partial charge in [-0.25, -0.2) is 0 Å². The first kappa shape index (κ1) is 17.8. The molecule has 0 aromatic heterocycles. The van der Waals surface area contributed by atoms with Gasteiger partial charge in [0.25, 0.3) is 0 Å². The fourth-order valence-corrected chi connectivity index (χ4v) is 3.16. The lowest BCUT2D eigenvalue weighted by atomic mass is 9.63. The third-order valence-electron chi connectivity index (χ3n) is 4.79. The Kier molecular flexibility index (Phi) is 8.12. The average Bonchev–Trinajstić information content (AvgIpc) is 2.49. The van der Waals surface area contributed by atoms with Gasteiger partial charge in [-0.2, -0.15) is 0 Å². The first-order valence-electron chi connectivity index (χ1n) is 8.42. The van der Waals surface area contributed by atoms with E-state index in [0.29, 0.717) is 5.92 Å². The second-order valence-corrected chi connectivity index (χ2v) is 6.19. The van der Waals surface area contributed by atoms with Crippen molar-refractivity contribution < 1.29 is 0 Å². The molecule has 116 valence electrons. The molecule has 0 radical (unpaired) electrons. The maximum atomic E-state index is 4.01. The monoisotopic (exact) mass is 284 g/mol. The highest BCUT2D eigenvalue weighted by atomic mass is 14.4. The summed E-state index contributed by atoms with van der Waals surface area (Å²) in [6.45, 7) is 15.7. The van der Waals surface area contributed by atoms with Crippen LogP contribution in [0.1, 0.15) is 57.8 Å². The van der Waals surface area contributed by atoms with Crippen LogP contribution in [0, 0.1) is 11.3 Å². The summed E-state index contributed by atoms with van der Waals surface area (Å²) in [7, 11) is 0. The van der Waals surface area contributed by atoms with Crippen LogP contribution in [-0.4, -0.2) is 0 Å². The van der Waals surface area contributed by atoms with E-state index in [0.717, 1.165) is 12.8 Å². The first-order valence-corrected chi connectivity index (χ1v) is 8.42. The van der Waals surface area contributed by atoms with Crippen molar-refractivity contribution in [3.8, 4) is 0 Å². The van der Waals surface area contributed by atoms with Crippen LogP contribution >= 0.6 is 0 Å². The van der Waals surface area contributed by atoms with E-state index in [4.69, 9.17) is 0 Å². The Balaban J connectivity index is 2.61. The normalized spacial score (nSPS) is 19.5. The molecule has 21 heavy (non-hydrogen) atoms. The van der Waals surface area contributed by atoms with Gasteiger partial charge in [0.2, 0.25) is 0 Å². The molecular weight excluding hydrogens is 252 g/mol. The van der Waals surface area contributed by atoms with Crippen LogP contribution < -0.4 is 0 Å². The van der Waals surface area contributed by atoms with Gasteiger partial charge in [-0.1, -0.05) is 42.4 Å². The smallest absolute Gasteiger partial charge is 0.0269 e. The van der Waals surface area contributed by atoms with Gasteiger partial charge in [0.15, 0.2) is 0 Å². The molecule has 0 heterocycles. The van der Waals surface area contributed by atoms with Gasteiger partial charge < -0.3 is 0 Å². The number of hydrogen-bond acceptors (Lipinski definition) is 0. The summed E-state index contributed by atoms with van der Waals surface area (Å²) >= 11 is 0. The summed E-state index contributed by atoms with van der Waals surface area (Å²) in [5, 5.41) is 0. The van der Waals surface area contributed by atoms with Crippen LogP contribution in [0.5, 0.6) is 0 Å². The van der Waals surface area contributed by atoms with Gasteiger partial charge in [-0.3, -0.25) is 0 Å². The van der Waals surface area contributed by atoms with Gasteiger partial charge in [0.05, 0.1) is 0 Å². The maximum absolute atomic E-state index is 4.01. The molecule has 0 nitrogen and oxygen atoms in total. The molecule has 0 saturated heterocycles. The van der Waals surface area contributed by atoms with Crippen LogP contribution in [0.15, 0.2) is 62.3 Å². The molecule has 0 bridgehead atoms. The molecule has 0 aliphatic heterocycles. The average molecular weight is 284 g/mol. The Labute approximate surface area is 132 Å². The molecule has 1 saturated carbocycles. The summed E-state index contributed by atoms with van der Waals surface area (Å²) in [6, 6.07) is 0. The zero-order valence-corrected chi connectivity index (χ0v) is 13.7. The van der Waals surface area contributed by atoms with E-state index in [9.17, 15) is 0 Å². The van der Waals surface area contributed by atoms with E-state index in [2.05, 4.69) is 44.5 Å². The predicted octanol–water partition coefficient (Wildman–Crippen LogP) is 6.78. The number of unbranched alkanes of at least 4 members (excludes halogenated alkanes) is 3. The van der Waals surface area contributed by atoms with E-state index in [1.54, 1.807) is 5.57 Å². The van der Waals surface area contributed by atoms with Crippen molar-refractivity contribution >= 4 is 0 Å². The summed E-state index contributed by atoms with van der Waals surface area (Å²) < 4.78 is 0. The van der Waals surface area contributed by atoms with Crippen LogP contribution in [-0.2, 0) is 0 Å². The van der Waals surface area contributed by atoms with E-state index in [-0.39, 0.29) is 5.41 Å². The zero-order valence-electron chi connectivity index (χ0n) is 13.7. The number of hydrogen-bond donors (Lipinski definition) is 0. The topological polar surface area (TPSA) is 0 Å². The molecule has 0 heteroatoms. The minimum absolute atomic E-state index is 0.0950. The molecule has 1 fully saturated rings. The van der Waals surface area contributed by atoms with Crippen molar-refractivity contribution in [3.63, 3.8) is 0 Å². The highest BCUT2D eigenvalue weighted by Gasteiger charge is 2.36. The lowest BCUT2D eigenvalue weighted by molar-refractivity contribution is 0.393. The zero-order chi connectivity index (χ0) is 15.6. The lowest BCUT2D eigenvalue weighted by Gasteiger charge is -2.41. The van der Waals surface area contributed by atoms with Gasteiger partial charge in [-0.15, -0.1) is 26.3 Å². The van der Waals surface area contributed by atoms with Crippen LogP contribution in [0.3, 0.4) is 0 Å². The Morgan fingerprint density at radius 2 is 1.52 bits per heavy atom. The summed E-state index contributed by atoms with van der Waals surface area (Å²) in [4.78, 5) is 0. The largest absolute Gasteiger partial charge is 0.103 e. The van der Waals surface area contributed by atoms with Crippen LogP contribution in [0.2, 0.25) is 0 Å². The van der Waals surface area contributed by atoms with E-state index in [1.807, 2.05) is 12.2 Å². The summed E-state index contributed by atoms with van der Waals surface area (Å²) in [6.07, 6.45) is 21.8. The molecule has 0 N–H and O–H groups in total. The lowest BCUT2D eigenvalue weighted by Crippen LogP contribution is -2.28. The van der Waals surface area contributed by atoms with E-state index >= 15 is 0 Å². The fourth-order valence-electron chi connectivity index (χ4n) is 3.16. The van der Waals surface area contributed by atoms with Gasteiger partial charge >= 0.3 is 0 Å². The highest BCUT2D eigenvalue weighted by Crippen LogP contribution is 2.49. The SMILES string of the molecule is C=CCCCCC(C=C1CCC1(C=C)C=C)CCCC=C. The highest BCUT2D eigenvalue weighted by molar-refractivity contribution is 5.35. The van der Waals surface area contributed by atoms with Gasteiger partial charge in [-0.05, 0) is 57.3 Å². The minimum atomic E-state index is 0.0950. The van der Waals surface area contributed by atoms with Gasteiger partial charge in [0.1, 0.15) is 0 Å². The standard InChI is InChI=1S/C21H32/c1-5-9-11-13-15-19(14-12-10-6-2)18-20-16-17-21(20,7-3)8-4/h5-8,18-19H,1-4,9-17H2. The molecule has 0 aromatic rings. The molecular formula is C21H32. The van der Waals surface area contributed by atoms with Gasteiger partial charge in [0, 0.05) is 5.41 Å². The Morgan fingerprint density at radius 3 is 2.05 bits per heavy atom. The second-order valence-electron chi connectivity index (χ2n) is 6.19. The fraction of sp³-hybridized carbons (Fsp3) is 0.524. The number of rotatable bonds is 12. The molecule has 0 spiro atoms. The molecule has 1 unspecified atom stereocenters. The van der Waals surface area contributed by atoms with Crippen molar-refractivity contribution in [2.75, 3.05) is 0 Å². The summed E-state index contributed by atoms with van der Waals surface area (Å²) in [5.74, 6) is 0.698. The van der Waals surface area contributed by atoms with Crippen molar-refractivity contribution in [1.82, 2.24) is 0 Å². The molecule has 1 atom stereocenters. The predicted molar refractivity (Wildman–Crippen MR) is 96.3 cm³/mol. The number of allylic oxidation sites excluding steroid dienone is 6. The second kappa shape index (κ2) is 9.60. The third-order valence-corrected chi connectivity index (χ3v) is 4.79. The van der Waals surface area contributed by atoms with Crippen LogP contribution in [0.4, 0.5) is 0 Å². The van der Waals surface area contributed by atoms with Crippen molar-refractivity contribution in [3.05, 3.63) is 62.3 Å². The van der Waals surface area contributed by atoms with E-state index < -0.39 is 0 Å². The Morgan fingerprint density at radius 1 is 0.905 bits per heavy atom. The van der Waals surface area contributed by atoms with Crippen LogP contribution in [0.25, 0.3) is 0 Å². The molecule has 1 aliphatic carbocycles. The molecule has 0 aromatic carbocycles. The van der Waals surface area contributed by atoms with Crippen molar-refractivity contribution in [2.45, 2.75) is 57.8 Å². The minimum Gasteiger partial charge on any atom is -0.103 e. The molecule has 1 rings (SSSR count). The van der Waals surface area contributed by atoms with Crippen molar-refractivity contribution in [2.24, 2.45) is 11.3 Å². The van der Waals surface area contributed by atoms with Crippen molar-refractivity contribution in [1.29, 1.82) is 0 Å².